The maximum Gasteiger partial charge on any atom is 0.322 e. The number of benzene rings is 1. The van der Waals surface area contributed by atoms with Crippen LogP contribution in [-0.4, -0.2) is 32.1 Å². The number of ether oxygens (including phenoxy) is 1. The molecule has 1 aromatic carbocycles. The molecule has 0 fully saturated rings. The third-order valence-electron chi connectivity index (χ3n) is 2.84. The summed E-state index contributed by atoms with van der Waals surface area (Å²) in [6.45, 7) is 5.17. The predicted octanol–water partition coefficient (Wildman–Crippen LogP) is 1.48. The Kier molecular flexibility index (Phi) is 6.40. The van der Waals surface area contributed by atoms with Crippen LogP contribution in [0, 0.1) is 17.8 Å². The number of sulfonamides is 1. The first-order valence-electron chi connectivity index (χ1n) is 6.65. The highest BCUT2D eigenvalue weighted by Gasteiger charge is 2.27. The van der Waals surface area contributed by atoms with Gasteiger partial charge in [0.15, 0.2) is 0 Å². The lowest BCUT2D eigenvalue weighted by molar-refractivity contribution is -0.140. The lowest BCUT2D eigenvalue weighted by Crippen LogP contribution is -2.44. The quantitative estimate of drug-likeness (QED) is 0.741. The van der Waals surface area contributed by atoms with Crippen LogP contribution in [0.4, 0.5) is 0 Å². The number of aliphatic carboxylic acids is 1. The highest BCUT2D eigenvalue weighted by atomic mass is 32.2. The number of hydrogen-bond donors (Lipinski definition) is 2. The van der Waals surface area contributed by atoms with Gasteiger partial charge in [-0.1, -0.05) is 19.8 Å². The molecule has 0 unspecified atom stereocenters. The topological polar surface area (TPSA) is 92.7 Å². The van der Waals surface area contributed by atoms with Gasteiger partial charge in [-0.2, -0.15) is 4.72 Å². The summed E-state index contributed by atoms with van der Waals surface area (Å²) in [5.74, 6) is 4.31. The molecule has 0 amide bonds. The van der Waals surface area contributed by atoms with Gasteiger partial charge in [-0.15, -0.1) is 5.92 Å². The molecule has 6 nitrogen and oxygen atoms in total. The second-order valence-electron chi connectivity index (χ2n) is 4.87. The van der Waals surface area contributed by atoms with Gasteiger partial charge in [-0.05, 0) is 37.1 Å². The SMILES string of the molecule is CC#CCOc1ccc(S(=O)(=O)N[C@@H](C(=O)O)C(C)C)cc1. The van der Waals surface area contributed by atoms with Gasteiger partial charge in [0.05, 0.1) is 4.90 Å². The van der Waals surface area contributed by atoms with Gasteiger partial charge in [0.1, 0.15) is 18.4 Å². The van der Waals surface area contributed by atoms with E-state index in [2.05, 4.69) is 16.6 Å². The first-order valence-corrected chi connectivity index (χ1v) is 8.14. The van der Waals surface area contributed by atoms with E-state index in [1.807, 2.05) is 0 Å². The van der Waals surface area contributed by atoms with Crippen molar-refractivity contribution in [3.63, 3.8) is 0 Å². The molecule has 0 saturated carbocycles. The van der Waals surface area contributed by atoms with Crippen LogP contribution in [0.3, 0.4) is 0 Å². The van der Waals surface area contributed by atoms with Crippen LogP contribution >= 0.6 is 0 Å². The lowest BCUT2D eigenvalue weighted by atomic mass is 10.1. The minimum absolute atomic E-state index is 0.0201. The minimum atomic E-state index is -3.91. The summed E-state index contributed by atoms with van der Waals surface area (Å²) in [7, 11) is -3.91. The first kappa shape index (κ1) is 18.0. The van der Waals surface area contributed by atoms with Crippen molar-refractivity contribution in [1.29, 1.82) is 0 Å². The summed E-state index contributed by atoms with van der Waals surface area (Å²) in [5, 5.41) is 9.06. The molecule has 0 heterocycles. The van der Waals surface area contributed by atoms with Crippen molar-refractivity contribution in [2.45, 2.75) is 31.7 Å². The summed E-state index contributed by atoms with van der Waals surface area (Å²) >= 11 is 0. The first-order chi connectivity index (χ1) is 10.3. The number of rotatable bonds is 7. The summed E-state index contributed by atoms with van der Waals surface area (Å²) in [4.78, 5) is 11.1. The highest BCUT2D eigenvalue weighted by molar-refractivity contribution is 7.89. The van der Waals surface area contributed by atoms with Crippen molar-refractivity contribution in [3.05, 3.63) is 24.3 Å². The molecule has 0 saturated heterocycles. The molecule has 2 N–H and O–H groups in total. The largest absolute Gasteiger partial charge is 0.481 e. The van der Waals surface area contributed by atoms with Crippen LogP contribution in [0.5, 0.6) is 5.75 Å². The van der Waals surface area contributed by atoms with E-state index in [9.17, 15) is 13.2 Å². The molecule has 0 aromatic heterocycles. The molecular formula is C15H19NO5S. The van der Waals surface area contributed by atoms with Crippen molar-refractivity contribution in [2.75, 3.05) is 6.61 Å². The number of carboxylic acid groups (broad SMARTS) is 1. The van der Waals surface area contributed by atoms with Crippen LogP contribution in [0.15, 0.2) is 29.2 Å². The second kappa shape index (κ2) is 7.82. The molecule has 120 valence electrons. The van der Waals surface area contributed by atoms with E-state index < -0.39 is 22.0 Å². The van der Waals surface area contributed by atoms with Crippen LogP contribution in [-0.2, 0) is 14.8 Å². The van der Waals surface area contributed by atoms with E-state index in [4.69, 9.17) is 9.84 Å². The van der Waals surface area contributed by atoms with E-state index in [1.54, 1.807) is 20.8 Å². The Hall–Kier alpha value is -2.04. The average Bonchev–Trinajstić information content (AvgIpc) is 2.45. The normalized spacial score (nSPS) is 12.4. The van der Waals surface area contributed by atoms with Crippen molar-refractivity contribution in [3.8, 4) is 17.6 Å². The molecule has 1 aromatic rings. The molecule has 0 aliphatic carbocycles. The third kappa shape index (κ3) is 5.06. The van der Waals surface area contributed by atoms with E-state index in [0.29, 0.717) is 5.75 Å². The van der Waals surface area contributed by atoms with Gasteiger partial charge >= 0.3 is 5.97 Å². The standard InChI is InChI=1S/C15H19NO5S/c1-4-5-10-21-12-6-8-13(9-7-12)22(19,20)16-14(11(2)3)15(17)18/h6-9,11,14,16H,10H2,1-3H3,(H,17,18)/t14-/m1/s1. The fourth-order valence-electron chi connectivity index (χ4n) is 1.61. The highest BCUT2D eigenvalue weighted by Crippen LogP contribution is 2.17. The van der Waals surface area contributed by atoms with Crippen molar-refractivity contribution in [2.24, 2.45) is 5.92 Å². The van der Waals surface area contributed by atoms with Gasteiger partial charge < -0.3 is 9.84 Å². The predicted molar refractivity (Wildman–Crippen MR) is 82.0 cm³/mol. The van der Waals surface area contributed by atoms with Crippen LogP contribution in [0.2, 0.25) is 0 Å². The molecule has 1 rings (SSSR count). The Morgan fingerprint density at radius 3 is 2.36 bits per heavy atom. The monoisotopic (exact) mass is 325 g/mol. The molecule has 0 aliphatic rings. The second-order valence-corrected chi connectivity index (χ2v) is 6.58. The number of carboxylic acids is 1. The van der Waals surface area contributed by atoms with Crippen molar-refractivity contribution >= 4 is 16.0 Å². The summed E-state index contributed by atoms with van der Waals surface area (Å²) in [5.41, 5.74) is 0. The van der Waals surface area contributed by atoms with Crippen molar-refractivity contribution in [1.82, 2.24) is 4.72 Å². The van der Waals surface area contributed by atoms with Crippen LogP contribution in [0.25, 0.3) is 0 Å². The molecule has 7 heteroatoms. The summed E-state index contributed by atoms with van der Waals surface area (Å²) in [6, 6.07) is 4.53. The Morgan fingerprint density at radius 1 is 1.32 bits per heavy atom. The Morgan fingerprint density at radius 2 is 1.91 bits per heavy atom. The Labute approximate surface area is 130 Å². The van der Waals surface area contributed by atoms with Gasteiger partial charge in [0, 0.05) is 0 Å². The molecule has 0 radical (unpaired) electrons. The summed E-state index contributed by atoms with van der Waals surface area (Å²) in [6.07, 6.45) is 0. The number of carbonyl (C=O) groups is 1. The number of hydrogen-bond acceptors (Lipinski definition) is 4. The molecule has 1 atom stereocenters. The molecule has 22 heavy (non-hydrogen) atoms. The fourth-order valence-corrected chi connectivity index (χ4v) is 2.95. The van der Waals surface area contributed by atoms with Gasteiger partial charge in [0.2, 0.25) is 10.0 Å². The van der Waals surface area contributed by atoms with Gasteiger partial charge in [-0.3, -0.25) is 4.79 Å². The van der Waals surface area contributed by atoms with Gasteiger partial charge in [0.25, 0.3) is 0 Å². The lowest BCUT2D eigenvalue weighted by Gasteiger charge is -2.18. The van der Waals surface area contributed by atoms with Gasteiger partial charge in [-0.25, -0.2) is 8.42 Å². The average molecular weight is 325 g/mol. The van der Waals surface area contributed by atoms with Crippen LogP contribution in [0.1, 0.15) is 20.8 Å². The zero-order valence-electron chi connectivity index (χ0n) is 12.7. The van der Waals surface area contributed by atoms with Crippen molar-refractivity contribution < 1.29 is 23.1 Å². The van der Waals surface area contributed by atoms with Crippen LogP contribution < -0.4 is 9.46 Å². The maximum absolute atomic E-state index is 12.2. The molecule has 0 spiro atoms. The third-order valence-corrected chi connectivity index (χ3v) is 4.29. The number of nitrogens with one attached hydrogen (secondary N) is 1. The van der Waals surface area contributed by atoms with E-state index in [0.717, 1.165) is 0 Å². The molecule has 0 bridgehead atoms. The Bertz CT molecular complexity index is 668. The smallest absolute Gasteiger partial charge is 0.322 e. The van der Waals surface area contributed by atoms with E-state index in [1.165, 1.54) is 24.3 Å². The summed E-state index contributed by atoms with van der Waals surface area (Å²) < 4.78 is 31.8. The molecular weight excluding hydrogens is 306 g/mol. The van der Waals surface area contributed by atoms with E-state index in [-0.39, 0.29) is 17.4 Å². The fraction of sp³-hybridized carbons (Fsp3) is 0.400. The zero-order valence-corrected chi connectivity index (χ0v) is 13.5. The Balaban J connectivity index is 2.88. The maximum atomic E-state index is 12.2. The zero-order chi connectivity index (χ0) is 16.8. The minimum Gasteiger partial charge on any atom is -0.481 e. The van der Waals surface area contributed by atoms with E-state index >= 15 is 0 Å². The molecule has 0 aliphatic heterocycles.